The fourth-order valence-electron chi connectivity index (χ4n) is 3.11. The van der Waals surface area contributed by atoms with E-state index in [1.165, 1.54) is 0 Å². The first-order valence-electron chi connectivity index (χ1n) is 8.24. The molecule has 1 amide bonds. The average Bonchev–Trinajstić information content (AvgIpc) is 3.33. The summed E-state index contributed by atoms with van der Waals surface area (Å²) in [6, 6.07) is 3.52. The van der Waals surface area contributed by atoms with Gasteiger partial charge < -0.3 is 9.42 Å². The summed E-state index contributed by atoms with van der Waals surface area (Å²) in [5, 5.41) is 3.85. The Morgan fingerprint density at radius 1 is 1.36 bits per heavy atom. The molecule has 0 radical (unpaired) electrons. The molecule has 1 fully saturated rings. The molecule has 8 nitrogen and oxygen atoms in total. The number of carbonyl (C=O) groups excluding carboxylic acids is 1. The Morgan fingerprint density at radius 2 is 2.28 bits per heavy atom. The second-order valence-corrected chi connectivity index (χ2v) is 6.14. The van der Waals surface area contributed by atoms with Crippen molar-refractivity contribution in [2.75, 3.05) is 13.1 Å². The molecule has 1 aliphatic heterocycles. The first kappa shape index (κ1) is 15.5. The summed E-state index contributed by atoms with van der Waals surface area (Å²) in [6.07, 6.45) is 8.64. The van der Waals surface area contributed by atoms with Gasteiger partial charge in [-0.25, -0.2) is 9.97 Å². The molecule has 25 heavy (non-hydrogen) atoms. The molecule has 1 saturated heterocycles. The highest BCUT2D eigenvalue weighted by atomic mass is 16.5. The lowest BCUT2D eigenvalue weighted by atomic mass is 9.97. The summed E-state index contributed by atoms with van der Waals surface area (Å²) < 4.78 is 7.06. The zero-order valence-corrected chi connectivity index (χ0v) is 13.9. The Hall–Kier alpha value is -3.03. The van der Waals surface area contributed by atoms with Crippen LogP contribution in [-0.2, 0) is 0 Å². The molecule has 1 unspecified atom stereocenters. The zero-order chi connectivity index (χ0) is 17.2. The van der Waals surface area contributed by atoms with Gasteiger partial charge in [-0.15, -0.1) is 0 Å². The summed E-state index contributed by atoms with van der Waals surface area (Å²) >= 11 is 0. The van der Waals surface area contributed by atoms with Crippen LogP contribution in [0, 0.1) is 6.92 Å². The van der Waals surface area contributed by atoms with Gasteiger partial charge >= 0.3 is 0 Å². The van der Waals surface area contributed by atoms with Gasteiger partial charge in [0.2, 0.25) is 5.89 Å². The number of amides is 1. The smallest absolute Gasteiger partial charge is 0.254 e. The largest absolute Gasteiger partial charge is 0.339 e. The van der Waals surface area contributed by atoms with Crippen LogP contribution in [0.3, 0.4) is 0 Å². The van der Waals surface area contributed by atoms with E-state index in [1.807, 2.05) is 4.90 Å². The first-order chi connectivity index (χ1) is 12.2. The zero-order valence-electron chi connectivity index (χ0n) is 13.9. The number of aromatic nitrogens is 5. The molecular weight excluding hydrogens is 320 g/mol. The van der Waals surface area contributed by atoms with Crippen LogP contribution in [0.1, 0.15) is 40.8 Å². The van der Waals surface area contributed by atoms with E-state index in [4.69, 9.17) is 4.52 Å². The van der Waals surface area contributed by atoms with Crippen molar-refractivity contribution in [2.24, 2.45) is 0 Å². The van der Waals surface area contributed by atoms with Crippen molar-refractivity contribution >= 4 is 5.91 Å². The van der Waals surface area contributed by atoms with E-state index in [9.17, 15) is 4.79 Å². The fourth-order valence-corrected chi connectivity index (χ4v) is 3.11. The van der Waals surface area contributed by atoms with E-state index >= 15 is 0 Å². The van der Waals surface area contributed by atoms with Gasteiger partial charge in [-0.1, -0.05) is 5.16 Å². The average molecular weight is 338 g/mol. The fraction of sp³-hybridized carbons (Fsp3) is 0.353. The van der Waals surface area contributed by atoms with Crippen molar-refractivity contribution in [1.82, 2.24) is 29.6 Å². The molecule has 8 heteroatoms. The number of hydrogen-bond acceptors (Lipinski definition) is 6. The minimum atomic E-state index is -0.00953. The number of hydrogen-bond donors (Lipinski definition) is 0. The summed E-state index contributed by atoms with van der Waals surface area (Å²) in [5.41, 5.74) is 0.612. The highest BCUT2D eigenvalue weighted by molar-refractivity contribution is 5.94. The molecule has 3 aromatic heterocycles. The lowest BCUT2D eigenvalue weighted by Crippen LogP contribution is -2.39. The molecule has 0 bridgehead atoms. The quantitative estimate of drug-likeness (QED) is 0.725. The standard InChI is InChI=1S/C17H18N6O2/c1-12-20-16(25-21-12)14-3-2-7-22(10-14)17(24)13-4-5-19-15(9-13)23-8-6-18-11-23/h4-6,8-9,11,14H,2-3,7,10H2,1H3. The second-order valence-electron chi connectivity index (χ2n) is 6.14. The maximum Gasteiger partial charge on any atom is 0.254 e. The van der Waals surface area contributed by atoms with Gasteiger partial charge in [0.1, 0.15) is 12.1 Å². The number of aryl methyl sites for hydroxylation is 1. The molecule has 0 spiro atoms. The van der Waals surface area contributed by atoms with E-state index in [0.29, 0.717) is 29.6 Å². The third-order valence-electron chi connectivity index (χ3n) is 4.36. The minimum Gasteiger partial charge on any atom is -0.339 e. The van der Waals surface area contributed by atoms with Crippen LogP contribution in [0.15, 0.2) is 41.6 Å². The predicted octanol–water partition coefficient (Wildman–Crippen LogP) is 1.98. The minimum absolute atomic E-state index is 0.00953. The number of carbonyl (C=O) groups is 1. The van der Waals surface area contributed by atoms with E-state index < -0.39 is 0 Å². The van der Waals surface area contributed by atoms with Crippen LogP contribution in [0.4, 0.5) is 0 Å². The maximum absolute atomic E-state index is 12.9. The molecule has 0 N–H and O–H groups in total. The molecule has 128 valence electrons. The van der Waals surface area contributed by atoms with E-state index in [1.54, 1.807) is 48.5 Å². The summed E-state index contributed by atoms with van der Waals surface area (Å²) in [5.74, 6) is 1.99. The number of rotatable bonds is 3. The van der Waals surface area contributed by atoms with Gasteiger partial charge in [-0.05, 0) is 31.9 Å². The van der Waals surface area contributed by atoms with Crippen LogP contribution in [-0.4, -0.2) is 48.6 Å². The third kappa shape index (κ3) is 3.15. The SMILES string of the molecule is Cc1noc(C2CCCN(C(=O)c3ccnc(-n4ccnc4)c3)C2)n1. The first-order valence-corrected chi connectivity index (χ1v) is 8.24. The molecule has 3 aromatic rings. The van der Waals surface area contributed by atoms with Gasteiger partial charge in [0.25, 0.3) is 5.91 Å². The molecule has 0 saturated carbocycles. The van der Waals surface area contributed by atoms with Crippen molar-refractivity contribution in [1.29, 1.82) is 0 Å². The number of likely N-dealkylation sites (tertiary alicyclic amines) is 1. The highest BCUT2D eigenvalue weighted by Crippen LogP contribution is 2.26. The van der Waals surface area contributed by atoms with Crippen molar-refractivity contribution in [2.45, 2.75) is 25.7 Å². The molecule has 4 rings (SSSR count). The Bertz CT molecular complexity index is 873. The molecule has 0 aliphatic carbocycles. The monoisotopic (exact) mass is 338 g/mol. The van der Waals surface area contributed by atoms with Gasteiger partial charge in [0.15, 0.2) is 5.82 Å². The van der Waals surface area contributed by atoms with Crippen LogP contribution < -0.4 is 0 Å². The Morgan fingerprint density at radius 3 is 3.04 bits per heavy atom. The van der Waals surface area contributed by atoms with Crippen LogP contribution in [0.2, 0.25) is 0 Å². The lowest BCUT2D eigenvalue weighted by Gasteiger charge is -2.31. The number of pyridine rings is 1. The topological polar surface area (TPSA) is 89.9 Å². The third-order valence-corrected chi connectivity index (χ3v) is 4.36. The predicted molar refractivity (Wildman–Crippen MR) is 88.3 cm³/mol. The lowest BCUT2D eigenvalue weighted by molar-refractivity contribution is 0.0695. The summed E-state index contributed by atoms with van der Waals surface area (Å²) in [7, 11) is 0. The van der Waals surface area contributed by atoms with Crippen LogP contribution >= 0.6 is 0 Å². The molecular formula is C17H18N6O2. The second kappa shape index (κ2) is 6.46. The van der Waals surface area contributed by atoms with E-state index in [0.717, 1.165) is 19.4 Å². The number of nitrogens with zero attached hydrogens (tertiary/aromatic N) is 6. The van der Waals surface area contributed by atoms with Gasteiger partial charge in [0.05, 0.1) is 5.92 Å². The summed E-state index contributed by atoms with van der Waals surface area (Å²) in [4.78, 5) is 27.4. The Labute approximate surface area is 144 Å². The molecule has 1 aliphatic rings. The van der Waals surface area contributed by atoms with Crippen molar-refractivity contribution in [3.05, 3.63) is 54.3 Å². The number of piperidine rings is 1. The number of imidazole rings is 1. The van der Waals surface area contributed by atoms with Crippen LogP contribution in [0.5, 0.6) is 0 Å². The van der Waals surface area contributed by atoms with Gasteiger partial charge in [0, 0.05) is 37.2 Å². The van der Waals surface area contributed by atoms with Gasteiger partial charge in [-0.3, -0.25) is 9.36 Å². The van der Waals surface area contributed by atoms with Gasteiger partial charge in [-0.2, -0.15) is 4.98 Å². The molecule has 4 heterocycles. The maximum atomic E-state index is 12.9. The molecule has 1 atom stereocenters. The van der Waals surface area contributed by atoms with Crippen molar-refractivity contribution < 1.29 is 9.32 Å². The Balaban J connectivity index is 1.53. The van der Waals surface area contributed by atoms with E-state index in [-0.39, 0.29) is 11.8 Å². The highest BCUT2D eigenvalue weighted by Gasteiger charge is 2.29. The summed E-state index contributed by atoms with van der Waals surface area (Å²) in [6.45, 7) is 3.11. The Kier molecular flexibility index (Phi) is 4.01. The normalized spacial score (nSPS) is 17.6. The molecule has 0 aromatic carbocycles. The van der Waals surface area contributed by atoms with Crippen LogP contribution in [0.25, 0.3) is 5.82 Å². The van der Waals surface area contributed by atoms with Crippen molar-refractivity contribution in [3.8, 4) is 5.82 Å². The van der Waals surface area contributed by atoms with Crippen molar-refractivity contribution in [3.63, 3.8) is 0 Å². The van der Waals surface area contributed by atoms with E-state index in [2.05, 4.69) is 20.1 Å².